The zero-order valence-electron chi connectivity index (χ0n) is 10.7. The molecule has 1 rings (SSSR count). The second-order valence-corrected chi connectivity index (χ2v) is 4.90. The molecular weight excluding hydrogens is 250 g/mol. The van der Waals surface area contributed by atoms with Crippen molar-refractivity contribution in [3.63, 3.8) is 0 Å². The van der Waals surface area contributed by atoms with Gasteiger partial charge in [0.05, 0.1) is 19.3 Å². The minimum Gasteiger partial charge on any atom is -0.389 e. The van der Waals surface area contributed by atoms with E-state index in [1.54, 1.807) is 0 Å². The van der Waals surface area contributed by atoms with Crippen molar-refractivity contribution in [2.75, 3.05) is 26.7 Å². The van der Waals surface area contributed by atoms with Gasteiger partial charge in [-0.25, -0.2) is 0 Å². The van der Waals surface area contributed by atoms with Gasteiger partial charge in [-0.3, -0.25) is 4.90 Å². The zero-order valence-corrected chi connectivity index (χ0v) is 11.4. The molecule has 0 saturated carbocycles. The maximum atomic E-state index is 9.77. The van der Waals surface area contributed by atoms with Gasteiger partial charge in [0.15, 0.2) is 0 Å². The Balaban J connectivity index is 2.17. The molecular formula is C14H20ClNO2. The Morgan fingerprint density at radius 3 is 2.72 bits per heavy atom. The van der Waals surface area contributed by atoms with E-state index in [0.29, 0.717) is 31.3 Å². The van der Waals surface area contributed by atoms with Gasteiger partial charge < -0.3 is 9.84 Å². The summed E-state index contributed by atoms with van der Waals surface area (Å²) in [6.45, 7) is 5.53. The molecule has 1 N–H and O–H groups in total. The number of likely N-dealkylation sites (N-methyl/N-ethyl adjacent to an activating group) is 1. The topological polar surface area (TPSA) is 32.7 Å². The smallest absolute Gasteiger partial charge is 0.0900 e. The first-order chi connectivity index (χ1) is 8.58. The molecule has 4 heteroatoms. The van der Waals surface area contributed by atoms with Gasteiger partial charge >= 0.3 is 0 Å². The van der Waals surface area contributed by atoms with Crippen molar-refractivity contribution >= 4 is 11.6 Å². The van der Waals surface area contributed by atoms with Crippen LogP contribution in [0, 0.1) is 0 Å². The highest BCUT2D eigenvalue weighted by Gasteiger charge is 2.08. The monoisotopic (exact) mass is 269 g/mol. The first-order valence-electron chi connectivity index (χ1n) is 5.89. The first kappa shape index (κ1) is 15.2. The molecule has 1 aromatic rings. The van der Waals surface area contributed by atoms with Gasteiger partial charge in [0.1, 0.15) is 0 Å². The summed E-state index contributed by atoms with van der Waals surface area (Å²) in [7, 11) is 1.88. The molecule has 3 nitrogen and oxygen atoms in total. The molecule has 0 aliphatic heterocycles. The molecule has 0 aliphatic rings. The van der Waals surface area contributed by atoms with Gasteiger partial charge in [0.2, 0.25) is 0 Å². The number of hydrogen-bond acceptors (Lipinski definition) is 3. The van der Waals surface area contributed by atoms with Crippen molar-refractivity contribution in [3.8, 4) is 0 Å². The van der Waals surface area contributed by atoms with Crippen LogP contribution in [0.3, 0.4) is 0 Å². The van der Waals surface area contributed by atoms with E-state index in [9.17, 15) is 5.11 Å². The summed E-state index contributed by atoms with van der Waals surface area (Å²) >= 11 is 5.69. The largest absolute Gasteiger partial charge is 0.389 e. The van der Waals surface area contributed by atoms with E-state index < -0.39 is 6.10 Å². The Hall–Kier alpha value is -0.870. The van der Waals surface area contributed by atoms with E-state index in [1.807, 2.05) is 42.3 Å². The first-order valence-corrected chi connectivity index (χ1v) is 6.27. The van der Waals surface area contributed by atoms with Gasteiger partial charge in [0.25, 0.3) is 0 Å². The lowest BCUT2D eigenvalue weighted by atomic mass is 10.2. The zero-order chi connectivity index (χ0) is 13.4. The van der Waals surface area contributed by atoms with Crippen LogP contribution in [-0.4, -0.2) is 42.9 Å². The summed E-state index contributed by atoms with van der Waals surface area (Å²) in [5.41, 5.74) is 1.10. The second-order valence-electron chi connectivity index (χ2n) is 4.37. The maximum absolute atomic E-state index is 9.77. The summed E-state index contributed by atoms with van der Waals surface area (Å²) in [5.74, 6) is 0. The highest BCUT2D eigenvalue weighted by Crippen LogP contribution is 2.03. The standard InChI is InChI=1S/C14H20ClNO2/c1-12(15)8-16(2)9-14(17)11-18-10-13-6-4-3-5-7-13/h3-7,14,17H,1,8-11H2,2H3/t14-/m1/s1. The van der Waals surface area contributed by atoms with Gasteiger partial charge in [-0.1, -0.05) is 48.5 Å². The van der Waals surface area contributed by atoms with Crippen LogP contribution in [0.5, 0.6) is 0 Å². The van der Waals surface area contributed by atoms with Crippen LogP contribution in [0.2, 0.25) is 0 Å². The van der Waals surface area contributed by atoms with Crippen LogP contribution in [0.4, 0.5) is 0 Å². The second kappa shape index (κ2) is 8.27. The molecule has 18 heavy (non-hydrogen) atoms. The minimum absolute atomic E-state index is 0.313. The van der Waals surface area contributed by atoms with Crippen molar-refractivity contribution in [2.45, 2.75) is 12.7 Å². The van der Waals surface area contributed by atoms with Crippen LogP contribution in [0.15, 0.2) is 41.9 Å². The molecule has 0 aliphatic carbocycles. The van der Waals surface area contributed by atoms with Crippen LogP contribution in [-0.2, 0) is 11.3 Å². The van der Waals surface area contributed by atoms with Crippen molar-refractivity contribution in [1.29, 1.82) is 0 Å². The number of benzene rings is 1. The molecule has 0 amide bonds. The summed E-state index contributed by atoms with van der Waals surface area (Å²) in [4.78, 5) is 1.91. The third-order valence-corrected chi connectivity index (χ3v) is 2.51. The number of aliphatic hydroxyl groups is 1. The molecule has 0 fully saturated rings. The van der Waals surface area contributed by atoms with Gasteiger partial charge in [0, 0.05) is 18.1 Å². The Labute approximate surface area is 114 Å². The fraction of sp³-hybridized carbons (Fsp3) is 0.429. The van der Waals surface area contributed by atoms with Crippen molar-refractivity contribution < 1.29 is 9.84 Å². The molecule has 0 spiro atoms. The predicted octanol–water partition coefficient (Wildman–Crippen LogP) is 2.25. The molecule has 1 aromatic carbocycles. The van der Waals surface area contributed by atoms with Crippen LogP contribution < -0.4 is 0 Å². The molecule has 0 aromatic heterocycles. The van der Waals surface area contributed by atoms with Crippen LogP contribution in [0.25, 0.3) is 0 Å². The van der Waals surface area contributed by atoms with Gasteiger partial charge in [-0.05, 0) is 12.6 Å². The van der Waals surface area contributed by atoms with Gasteiger partial charge in [-0.2, -0.15) is 0 Å². The number of nitrogens with zero attached hydrogens (tertiary/aromatic N) is 1. The van der Waals surface area contributed by atoms with E-state index in [2.05, 4.69) is 6.58 Å². The molecule has 100 valence electrons. The average molecular weight is 270 g/mol. The SMILES string of the molecule is C=C(Cl)CN(C)C[C@@H](O)COCc1ccccc1. The summed E-state index contributed by atoms with van der Waals surface area (Å²) < 4.78 is 5.46. The average Bonchev–Trinajstić information content (AvgIpc) is 2.29. The molecule has 0 heterocycles. The molecule has 0 unspecified atom stereocenters. The van der Waals surface area contributed by atoms with Crippen molar-refractivity contribution in [1.82, 2.24) is 4.90 Å². The lowest BCUT2D eigenvalue weighted by Crippen LogP contribution is -2.32. The fourth-order valence-corrected chi connectivity index (χ4v) is 1.86. The number of rotatable bonds is 8. The molecule has 0 bridgehead atoms. The van der Waals surface area contributed by atoms with Crippen molar-refractivity contribution in [2.24, 2.45) is 0 Å². The van der Waals surface area contributed by atoms with E-state index in [1.165, 1.54) is 0 Å². The molecule has 0 radical (unpaired) electrons. The lowest BCUT2D eigenvalue weighted by molar-refractivity contribution is 0.0150. The number of halogens is 1. The normalized spacial score (nSPS) is 12.7. The summed E-state index contributed by atoms with van der Waals surface area (Å²) in [5, 5.41) is 10.3. The number of hydrogen-bond donors (Lipinski definition) is 1. The molecule has 1 atom stereocenters. The highest BCUT2D eigenvalue weighted by molar-refractivity contribution is 6.29. The van der Waals surface area contributed by atoms with Gasteiger partial charge in [-0.15, -0.1) is 0 Å². The van der Waals surface area contributed by atoms with E-state index >= 15 is 0 Å². The Kier molecular flexibility index (Phi) is 6.98. The van der Waals surface area contributed by atoms with Crippen LogP contribution in [0.1, 0.15) is 5.56 Å². The predicted molar refractivity (Wildman–Crippen MR) is 74.6 cm³/mol. The fourth-order valence-electron chi connectivity index (χ4n) is 1.66. The Bertz CT molecular complexity index is 356. The maximum Gasteiger partial charge on any atom is 0.0900 e. The third-order valence-electron chi connectivity index (χ3n) is 2.39. The minimum atomic E-state index is -0.519. The Morgan fingerprint density at radius 2 is 2.11 bits per heavy atom. The van der Waals surface area contributed by atoms with E-state index in [0.717, 1.165) is 5.56 Å². The van der Waals surface area contributed by atoms with E-state index in [4.69, 9.17) is 16.3 Å². The van der Waals surface area contributed by atoms with Crippen LogP contribution >= 0.6 is 11.6 Å². The Morgan fingerprint density at radius 1 is 1.44 bits per heavy atom. The van der Waals surface area contributed by atoms with E-state index in [-0.39, 0.29) is 0 Å². The summed E-state index contributed by atoms with van der Waals surface area (Å²) in [6, 6.07) is 9.89. The van der Waals surface area contributed by atoms with Crippen molar-refractivity contribution in [3.05, 3.63) is 47.5 Å². The summed E-state index contributed by atoms with van der Waals surface area (Å²) in [6.07, 6.45) is -0.519. The highest BCUT2D eigenvalue weighted by atomic mass is 35.5. The third kappa shape index (κ3) is 6.77. The lowest BCUT2D eigenvalue weighted by Gasteiger charge is -2.19. The molecule has 0 saturated heterocycles. The quantitative estimate of drug-likeness (QED) is 0.786. The number of aliphatic hydroxyl groups excluding tert-OH is 1. The number of ether oxygens (including phenoxy) is 1.